The Morgan fingerprint density at radius 2 is 1.86 bits per heavy atom. The van der Waals surface area contributed by atoms with Crippen molar-refractivity contribution in [3.05, 3.63) is 35.9 Å². The average Bonchev–Trinajstić information content (AvgIpc) is 3.01. The average molecular weight is 291 g/mol. The van der Waals surface area contributed by atoms with Gasteiger partial charge in [0.15, 0.2) is 6.23 Å². The smallest absolute Gasteiger partial charge is 0.231 e. The second-order valence-corrected chi connectivity index (χ2v) is 5.89. The summed E-state index contributed by atoms with van der Waals surface area (Å²) >= 11 is 0. The van der Waals surface area contributed by atoms with Crippen molar-refractivity contribution < 1.29 is 19.7 Å². The lowest BCUT2D eigenvalue weighted by Gasteiger charge is -2.29. The standard InChI is InChI=1S/C16H21NO4/c18-8-6-16(7-9-19)10-13-11-21-14(17(13)15(16)20)12-4-2-1-3-5-12/h1-5,13-14,18-19H,6-11H2/t13-,14+/m0/s1. The molecule has 2 heterocycles. The van der Waals surface area contributed by atoms with E-state index in [1.807, 2.05) is 30.3 Å². The van der Waals surface area contributed by atoms with Gasteiger partial charge in [-0.05, 0) is 19.3 Å². The number of aliphatic hydroxyl groups excluding tert-OH is 2. The topological polar surface area (TPSA) is 70.0 Å². The third kappa shape index (κ3) is 2.35. The van der Waals surface area contributed by atoms with Gasteiger partial charge in [0.2, 0.25) is 5.91 Å². The van der Waals surface area contributed by atoms with E-state index in [0.29, 0.717) is 25.9 Å². The van der Waals surface area contributed by atoms with Gasteiger partial charge in [-0.25, -0.2) is 0 Å². The molecule has 1 aromatic rings. The van der Waals surface area contributed by atoms with Crippen LogP contribution in [-0.2, 0) is 9.53 Å². The molecule has 2 aliphatic heterocycles. The lowest BCUT2D eigenvalue weighted by molar-refractivity contribution is -0.144. The van der Waals surface area contributed by atoms with Crippen LogP contribution >= 0.6 is 0 Å². The Bertz CT molecular complexity index is 498. The van der Waals surface area contributed by atoms with E-state index in [1.54, 1.807) is 4.90 Å². The van der Waals surface area contributed by atoms with Gasteiger partial charge in [0.05, 0.1) is 18.1 Å². The fourth-order valence-corrected chi connectivity index (χ4v) is 3.64. The van der Waals surface area contributed by atoms with Crippen molar-refractivity contribution in [3.8, 4) is 0 Å². The predicted molar refractivity (Wildman–Crippen MR) is 76.2 cm³/mol. The van der Waals surface area contributed by atoms with Gasteiger partial charge >= 0.3 is 0 Å². The third-order valence-electron chi connectivity index (χ3n) is 4.67. The molecular formula is C16H21NO4. The molecule has 0 spiro atoms. The highest BCUT2D eigenvalue weighted by Crippen LogP contribution is 2.48. The minimum atomic E-state index is -0.634. The van der Waals surface area contributed by atoms with Crippen LogP contribution in [0.3, 0.4) is 0 Å². The fraction of sp³-hybridized carbons (Fsp3) is 0.562. The second-order valence-electron chi connectivity index (χ2n) is 5.89. The zero-order valence-electron chi connectivity index (χ0n) is 11.9. The first kappa shape index (κ1) is 14.5. The van der Waals surface area contributed by atoms with Crippen LogP contribution in [0.15, 0.2) is 30.3 Å². The molecule has 5 nitrogen and oxygen atoms in total. The zero-order valence-corrected chi connectivity index (χ0v) is 11.9. The van der Waals surface area contributed by atoms with Crippen LogP contribution in [0, 0.1) is 5.41 Å². The number of hydrogen-bond donors (Lipinski definition) is 2. The van der Waals surface area contributed by atoms with Crippen molar-refractivity contribution in [2.75, 3.05) is 19.8 Å². The fourth-order valence-electron chi connectivity index (χ4n) is 3.64. The van der Waals surface area contributed by atoms with Gasteiger partial charge in [-0.1, -0.05) is 30.3 Å². The number of carbonyl (C=O) groups is 1. The van der Waals surface area contributed by atoms with E-state index >= 15 is 0 Å². The molecule has 0 aliphatic carbocycles. The lowest BCUT2D eigenvalue weighted by atomic mass is 9.79. The molecule has 2 N–H and O–H groups in total. The molecule has 0 unspecified atom stereocenters. The van der Waals surface area contributed by atoms with Crippen LogP contribution in [0.4, 0.5) is 0 Å². The summed E-state index contributed by atoms with van der Waals surface area (Å²) < 4.78 is 5.81. The molecule has 2 saturated heterocycles. The van der Waals surface area contributed by atoms with Crippen LogP contribution < -0.4 is 0 Å². The summed E-state index contributed by atoms with van der Waals surface area (Å²) in [5, 5.41) is 18.6. The van der Waals surface area contributed by atoms with Crippen molar-refractivity contribution in [2.45, 2.75) is 31.5 Å². The maximum atomic E-state index is 12.9. The summed E-state index contributed by atoms with van der Waals surface area (Å²) in [4.78, 5) is 14.7. The van der Waals surface area contributed by atoms with Gasteiger partial charge in [0, 0.05) is 18.8 Å². The summed E-state index contributed by atoms with van der Waals surface area (Å²) in [5.41, 5.74) is 0.336. The number of amides is 1. The van der Waals surface area contributed by atoms with Gasteiger partial charge in [0.1, 0.15) is 0 Å². The van der Waals surface area contributed by atoms with E-state index < -0.39 is 5.41 Å². The molecule has 0 radical (unpaired) electrons. The maximum Gasteiger partial charge on any atom is 0.231 e. The molecule has 0 bridgehead atoms. The van der Waals surface area contributed by atoms with Crippen molar-refractivity contribution in [2.24, 2.45) is 5.41 Å². The van der Waals surface area contributed by atoms with Gasteiger partial charge < -0.3 is 19.8 Å². The van der Waals surface area contributed by atoms with Gasteiger partial charge in [0.25, 0.3) is 0 Å². The molecule has 2 aliphatic rings. The van der Waals surface area contributed by atoms with E-state index in [0.717, 1.165) is 5.56 Å². The largest absolute Gasteiger partial charge is 0.396 e. The first-order valence-corrected chi connectivity index (χ1v) is 7.43. The Morgan fingerprint density at radius 3 is 2.48 bits per heavy atom. The minimum absolute atomic E-state index is 0.00181. The minimum Gasteiger partial charge on any atom is -0.396 e. The highest BCUT2D eigenvalue weighted by Gasteiger charge is 2.55. The molecule has 5 heteroatoms. The van der Waals surface area contributed by atoms with E-state index in [4.69, 9.17) is 4.74 Å². The Hall–Kier alpha value is -1.43. The number of rotatable bonds is 5. The Kier molecular flexibility index (Phi) is 3.97. The molecule has 0 aromatic heterocycles. The summed E-state index contributed by atoms with van der Waals surface area (Å²) in [5.74, 6) is 0.00181. The molecule has 21 heavy (non-hydrogen) atoms. The highest BCUT2D eigenvalue weighted by molar-refractivity contribution is 5.86. The van der Waals surface area contributed by atoms with Crippen LogP contribution in [0.2, 0.25) is 0 Å². The molecule has 1 amide bonds. The number of nitrogens with zero attached hydrogens (tertiary/aromatic N) is 1. The number of benzene rings is 1. The monoisotopic (exact) mass is 291 g/mol. The molecule has 2 fully saturated rings. The van der Waals surface area contributed by atoms with E-state index in [-0.39, 0.29) is 31.4 Å². The quantitative estimate of drug-likeness (QED) is 0.851. The number of ether oxygens (including phenoxy) is 1. The van der Waals surface area contributed by atoms with Gasteiger partial charge in [-0.2, -0.15) is 0 Å². The summed E-state index contributed by atoms with van der Waals surface area (Å²) in [6.45, 7) is 0.441. The molecule has 3 rings (SSSR count). The number of hydrogen-bond acceptors (Lipinski definition) is 4. The Balaban J connectivity index is 1.88. The van der Waals surface area contributed by atoms with E-state index in [2.05, 4.69) is 0 Å². The molecule has 0 saturated carbocycles. The first-order chi connectivity index (χ1) is 10.2. The molecule has 2 atom stereocenters. The first-order valence-electron chi connectivity index (χ1n) is 7.43. The third-order valence-corrected chi connectivity index (χ3v) is 4.67. The molecular weight excluding hydrogens is 270 g/mol. The highest BCUT2D eigenvalue weighted by atomic mass is 16.5. The van der Waals surface area contributed by atoms with Crippen molar-refractivity contribution in [1.82, 2.24) is 4.90 Å². The molecule has 114 valence electrons. The van der Waals surface area contributed by atoms with Crippen molar-refractivity contribution in [1.29, 1.82) is 0 Å². The van der Waals surface area contributed by atoms with Gasteiger partial charge in [-0.15, -0.1) is 0 Å². The van der Waals surface area contributed by atoms with E-state index in [1.165, 1.54) is 0 Å². The summed E-state index contributed by atoms with van der Waals surface area (Å²) in [6.07, 6.45) is 1.11. The van der Waals surface area contributed by atoms with Crippen molar-refractivity contribution in [3.63, 3.8) is 0 Å². The normalized spacial score (nSPS) is 27.1. The van der Waals surface area contributed by atoms with Crippen LogP contribution in [0.5, 0.6) is 0 Å². The maximum absolute atomic E-state index is 12.9. The van der Waals surface area contributed by atoms with Crippen molar-refractivity contribution >= 4 is 5.91 Å². The number of fused-ring (bicyclic) bond motifs is 1. The Labute approximate surface area is 124 Å². The van der Waals surface area contributed by atoms with E-state index in [9.17, 15) is 15.0 Å². The lowest BCUT2D eigenvalue weighted by Crippen LogP contribution is -2.37. The van der Waals surface area contributed by atoms with Crippen LogP contribution in [0.1, 0.15) is 31.1 Å². The molecule has 1 aromatic carbocycles. The summed E-state index contributed by atoms with van der Waals surface area (Å²) in [6, 6.07) is 9.75. The predicted octanol–water partition coefficient (Wildman–Crippen LogP) is 1.07. The summed E-state index contributed by atoms with van der Waals surface area (Å²) in [7, 11) is 0. The van der Waals surface area contributed by atoms with Crippen LogP contribution in [0.25, 0.3) is 0 Å². The second kappa shape index (κ2) is 5.75. The zero-order chi connectivity index (χ0) is 14.9. The van der Waals surface area contributed by atoms with Crippen LogP contribution in [-0.4, -0.2) is 46.9 Å². The Morgan fingerprint density at radius 1 is 1.19 bits per heavy atom. The SMILES string of the molecule is O=C1N2[C@H](CO[C@@H]2c2ccccc2)CC1(CCO)CCO. The van der Waals surface area contributed by atoms with Gasteiger partial charge in [-0.3, -0.25) is 4.79 Å². The number of carbonyl (C=O) groups excluding carboxylic acids is 1. The number of aliphatic hydroxyl groups is 2.